The van der Waals surface area contributed by atoms with Gasteiger partial charge in [0.15, 0.2) is 0 Å². The highest BCUT2D eigenvalue weighted by molar-refractivity contribution is 7.65. The lowest BCUT2D eigenvalue weighted by Gasteiger charge is -1.98. The summed E-state index contributed by atoms with van der Waals surface area (Å²) in [5.41, 5.74) is 0. The van der Waals surface area contributed by atoms with Gasteiger partial charge < -0.3 is 4.74 Å². The van der Waals surface area contributed by atoms with Gasteiger partial charge in [0.05, 0.1) is 6.61 Å². The first-order chi connectivity index (χ1) is 5.36. The summed E-state index contributed by atoms with van der Waals surface area (Å²) in [6.45, 7) is 2.58. The van der Waals surface area contributed by atoms with E-state index in [1.54, 1.807) is 24.3 Å². The van der Waals surface area contributed by atoms with E-state index in [9.17, 15) is 4.21 Å². The summed E-state index contributed by atoms with van der Waals surface area (Å²) in [6, 6.07) is 7.10. The van der Waals surface area contributed by atoms with Crippen LogP contribution in [-0.4, -0.2) is 6.61 Å². The molecule has 0 radical (unpaired) electrons. The molecule has 1 aromatic carbocycles. The molecule has 0 unspecified atom stereocenters. The molecule has 0 saturated carbocycles. The zero-order valence-corrected chi connectivity index (χ0v) is 7.06. The van der Waals surface area contributed by atoms with Crippen LogP contribution >= 0.6 is 0 Å². The van der Waals surface area contributed by atoms with E-state index in [2.05, 4.69) is 0 Å². The number of ether oxygens (including phenoxy) is 1. The van der Waals surface area contributed by atoms with Gasteiger partial charge in [-0.1, -0.05) is 0 Å². The first-order valence-electron chi connectivity index (χ1n) is 3.39. The van der Waals surface area contributed by atoms with Crippen molar-refractivity contribution in [3.8, 4) is 5.75 Å². The average molecular weight is 169 g/mol. The molecular weight excluding hydrogens is 160 g/mol. The molecule has 58 valence electrons. The van der Waals surface area contributed by atoms with Crippen LogP contribution < -0.4 is 4.74 Å². The van der Waals surface area contributed by atoms with Crippen molar-refractivity contribution in [2.75, 3.05) is 6.61 Å². The van der Waals surface area contributed by atoms with Crippen molar-refractivity contribution in [1.82, 2.24) is 0 Å². The highest BCUT2D eigenvalue weighted by atomic mass is 32.1. The Labute approximate surface area is 69.7 Å². The van der Waals surface area contributed by atoms with Gasteiger partial charge in [-0.05, 0) is 19.1 Å². The maximum Gasteiger partial charge on any atom is 0.505 e. The highest BCUT2D eigenvalue weighted by Gasteiger charge is 2.03. The zero-order valence-electron chi connectivity index (χ0n) is 6.24. The third-order valence-corrected chi connectivity index (χ3v) is 1.70. The Morgan fingerprint density at radius 3 is 2.45 bits per heavy atom. The van der Waals surface area contributed by atoms with E-state index in [0.29, 0.717) is 23.2 Å². The van der Waals surface area contributed by atoms with Crippen molar-refractivity contribution < 1.29 is 8.95 Å². The van der Waals surface area contributed by atoms with Crippen LogP contribution in [0.2, 0.25) is 0 Å². The van der Waals surface area contributed by atoms with Crippen molar-refractivity contribution in [2.45, 2.75) is 11.8 Å². The van der Waals surface area contributed by atoms with Crippen molar-refractivity contribution in [3.63, 3.8) is 0 Å². The Bertz CT molecular complexity index is 230. The smallest absolute Gasteiger partial charge is 0.494 e. The third kappa shape index (κ3) is 2.27. The molecule has 0 aromatic heterocycles. The standard InChI is InChI=1S/C8H9O2S/c1-2-10-7-3-5-8(11-9)6-4-7/h3-6H,2H2,1H3/q+1. The third-order valence-electron chi connectivity index (χ3n) is 1.23. The van der Waals surface area contributed by atoms with E-state index in [-0.39, 0.29) is 0 Å². The second-order valence-electron chi connectivity index (χ2n) is 1.99. The Kier molecular flexibility index (Phi) is 2.98. The van der Waals surface area contributed by atoms with Gasteiger partial charge in [-0.15, -0.1) is 0 Å². The summed E-state index contributed by atoms with van der Waals surface area (Å²) < 4.78 is 15.5. The van der Waals surface area contributed by atoms with Crippen LogP contribution in [-0.2, 0) is 15.9 Å². The minimum atomic E-state index is 0.490. The van der Waals surface area contributed by atoms with E-state index in [1.807, 2.05) is 6.92 Å². The monoisotopic (exact) mass is 169 g/mol. The van der Waals surface area contributed by atoms with Crippen molar-refractivity contribution in [1.29, 1.82) is 0 Å². The van der Waals surface area contributed by atoms with Gasteiger partial charge in [-0.25, -0.2) is 0 Å². The van der Waals surface area contributed by atoms with Gasteiger partial charge in [0.25, 0.3) is 4.90 Å². The maximum atomic E-state index is 10.3. The van der Waals surface area contributed by atoms with E-state index < -0.39 is 0 Å². The van der Waals surface area contributed by atoms with E-state index in [1.165, 1.54) is 0 Å². The van der Waals surface area contributed by atoms with Crippen LogP contribution in [0.5, 0.6) is 5.75 Å². The second kappa shape index (κ2) is 4.03. The highest BCUT2D eigenvalue weighted by Crippen LogP contribution is 2.11. The van der Waals surface area contributed by atoms with Crippen LogP contribution in [0.1, 0.15) is 6.92 Å². The summed E-state index contributed by atoms with van der Waals surface area (Å²) in [5.74, 6) is 0.810. The molecule has 0 aliphatic heterocycles. The molecule has 3 heteroatoms. The molecule has 11 heavy (non-hydrogen) atoms. The van der Waals surface area contributed by atoms with Crippen molar-refractivity contribution >= 4 is 11.7 Å². The Balaban J connectivity index is 2.74. The SMILES string of the molecule is CCOc1ccc([S+]=O)cc1. The summed E-state index contributed by atoms with van der Waals surface area (Å²) in [4.78, 5) is 0.716. The fourth-order valence-corrected chi connectivity index (χ4v) is 1.01. The summed E-state index contributed by atoms with van der Waals surface area (Å²) in [5, 5.41) is 0. The molecule has 0 fully saturated rings. The summed E-state index contributed by atoms with van der Waals surface area (Å²) >= 11 is 0.490. The van der Waals surface area contributed by atoms with Crippen molar-refractivity contribution in [3.05, 3.63) is 24.3 Å². The van der Waals surface area contributed by atoms with Gasteiger partial charge in [0.1, 0.15) is 5.75 Å². The molecule has 0 amide bonds. The van der Waals surface area contributed by atoms with Crippen LogP contribution in [0.25, 0.3) is 0 Å². The average Bonchev–Trinajstić information content (AvgIpc) is 2.07. The number of rotatable bonds is 3. The minimum absolute atomic E-state index is 0.490. The predicted molar refractivity (Wildman–Crippen MR) is 43.9 cm³/mol. The van der Waals surface area contributed by atoms with E-state index in [4.69, 9.17) is 4.74 Å². The lowest BCUT2D eigenvalue weighted by atomic mass is 10.3. The van der Waals surface area contributed by atoms with E-state index in [0.717, 1.165) is 5.75 Å². The predicted octanol–water partition coefficient (Wildman–Crippen LogP) is 1.87. The molecule has 0 heterocycles. The molecule has 0 aliphatic rings. The lowest BCUT2D eigenvalue weighted by molar-refractivity contribution is 0.340. The normalized spacial score (nSPS) is 9.18. The Morgan fingerprint density at radius 1 is 1.36 bits per heavy atom. The number of hydrogen-bond donors (Lipinski definition) is 0. The molecule has 2 nitrogen and oxygen atoms in total. The van der Waals surface area contributed by atoms with E-state index >= 15 is 0 Å². The number of hydrogen-bond acceptors (Lipinski definition) is 2. The maximum absolute atomic E-state index is 10.3. The first-order valence-corrected chi connectivity index (χ1v) is 4.13. The van der Waals surface area contributed by atoms with Crippen LogP contribution in [0.4, 0.5) is 0 Å². The first kappa shape index (κ1) is 8.14. The second-order valence-corrected chi connectivity index (χ2v) is 2.63. The van der Waals surface area contributed by atoms with Crippen molar-refractivity contribution in [2.24, 2.45) is 0 Å². The summed E-state index contributed by atoms with van der Waals surface area (Å²) in [6.07, 6.45) is 0. The largest absolute Gasteiger partial charge is 0.505 e. The lowest BCUT2D eigenvalue weighted by Crippen LogP contribution is -1.90. The molecule has 0 N–H and O–H groups in total. The van der Waals surface area contributed by atoms with Gasteiger partial charge >= 0.3 is 11.7 Å². The number of benzene rings is 1. The quantitative estimate of drug-likeness (QED) is 0.646. The summed E-state index contributed by atoms with van der Waals surface area (Å²) in [7, 11) is 0. The van der Waals surface area contributed by atoms with Gasteiger partial charge in [-0.3, -0.25) is 0 Å². The Morgan fingerprint density at radius 2 is 2.00 bits per heavy atom. The topological polar surface area (TPSA) is 26.3 Å². The van der Waals surface area contributed by atoms with Crippen LogP contribution in [0.3, 0.4) is 0 Å². The fourth-order valence-electron chi connectivity index (χ4n) is 0.758. The van der Waals surface area contributed by atoms with Gasteiger partial charge in [-0.2, -0.15) is 0 Å². The molecule has 1 rings (SSSR count). The van der Waals surface area contributed by atoms with Crippen LogP contribution in [0.15, 0.2) is 29.2 Å². The molecule has 0 spiro atoms. The Hall–Kier alpha value is -0.960. The molecule has 0 aliphatic carbocycles. The van der Waals surface area contributed by atoms with Gasteiger partial charge in [0, 0.05) is 16.3 Å². The molecular formula is C8H9O2S+. The van der Waals surface area contributed by atoms with Crippen LogP contribution in [0, 0.1) is 0 Å². The molecule has 0 atom stereocenters. The molecule has 0 bridgehead atoms. The van der Waals surface area contributed by atoms with Gasteiger partial charge in [0.2, 0.25) is 0 Å². The fraction of sp³-hybridized carbons (Fsp3) is 0.250. The minimum Gasteiger partial charge on any atom is -0.494 e. The molecule has 0 saturated heterocycles. The zero-order chi connectivity index (χ0) is 8.10. The molecule has 1 aromatic rings.